The van der Waals surface area contributed by atoms with Crippen LogP contribution < -0.4 is 0 Å². The molecular formula is C19H22O3S. The van der Waals surface area contributed by atoms with Gasteiger partial charge < -0.3 is 5.11 Å². The highest BCUT2D eigenvalue weighted by Crippen LogP contribution is 2.54. The molecule has 23 heavy (non-hydrogen) atoms. The van der Waals surface area contributed by atoms with Crippen molar-refractivity contribution < 1.29 is 13.5 Å². The minimum absolute atomic E-state index is 0.00612. The van der Waals surface area contributed by atoms with Crippen molar-refractivity contribution in [3.05, 3.63) is 59.7 Å². The summed E-state index contributed by atoms with van der Waals surface area (Å²) in [6.07, 6.45) is 1.62. The molecule has 0 unspecified atom stereocenters. The van der Waals surface area contributed by atoms with Gasteiger partial charge in [-0.25, -0.2) is 8.42 Å². The number of rotatable bonds is 6. The molecule has 0 amide bonds. The normalized spacial score (nSPS) is 15.2. The fourth-order valence-corrected chi connectivity index (χ4v) is 6.22. The number of hydrogen-bond acceptors (Lipinski definition) is 3. The number of fused-ring (bicyclic) bond motifs is 3. The zero-order valence-corrected chi connectivity index (χ0v) is 14.1. The van der Waals surface area contributed by atoms with Crippen LogP contribution in [0, 0.1) is 0 Å². The third kappa shape index (κ3) is 2.32. The van der Waals surface area contributed by atoms with Gasteiger partial charge >= 0.3 is 0 Å². The minimum Gasteiger partial charge on any atom is -0.396 e. The Labute approximate surface area is 137 Å². The Balaban J connectivity index is 2.32. The van der Waals surface area contributed by atoms with E-state index in [1.807, 2.05) is 55.5 Å². The Morgan fingerprint density at radius 3 is 1.96 bits per heavy atom. The predicted octanol–water partition coefficient (Wildman–Crippen LogP) is 3.51. The van der Waals surface area contributed by atoms with E-state index in [9.17, 15) is 8.42 Å². The van der Waals surface area contributed by atoms with Crippen molar-refractivity contribution in [3.8, 4) is 11.1 Å². The van der Waals surface area contributed by atoms with Gasteiger partial charge in [0.2, 0.25) is 0 Å². The van der Waals surface area contributed by atoms with E-state index < -0.39 is 14.6 Å². The molecule has 1 aliphatic carbocycles. The molecule has 0 bridgehead atoms. The number of hydrogen-bond donors (Lipinski definition) is 1. The summed E-state index contributed by atoms with van der Waals surface area (Å²) in [6.45, 7) is 1.91. The quantitative estimate of drug-likeness (QED) is 0.882. The average molecular weight is 330 g/mol. The maximum atomic E-state index is 13.3. The minimum atomic E-state index is -3.43. The van der Waals surface area contributed by atoms with Crippen LogP contribution in [-0.4, -0.2) is 25.9 Å². The first-order valence-electron chi connectivity index (χ1n) is 8.11. The van der Waals surface area contributed by atoms with Crippen LogP contribution in [0.3, 0.4) is 0 Å². The van der Waals surface area contributed by atoms with Gasteiger partial charge in [0.15, 0.2) is 9.84 Å². The van der Waals surface area contributed by atoms with E-state index in [-0.39, 0.29) is 18.8 Å². The van der Waals surface area contributed by atoms with Gasteiger partial charge in [0.1, 0.15) is 4.75 Å². The van der Waals surface area contributed by atoms with Gasteiger partial charge in [0.25, 0.3) is 0 Å². The zero-order valence-electron chi connectivity index (χ0n) is 13.3. The van der Waals surface area contributed by atoms with Gasteiger partial charge in [0, 0.05) is 6.61 Å². The standard InChI is InChI=1S/C19H22O3S/c1-2-12-19(23(21,22)14-7-13-20)17-10-5-3-8-15(17)16-9-4-6-11-18(16)19/h3-6,8-11,20H,2,7,12-14H2,1H3. The molecule has 3 rings (SSSR count). The molecular weight excluding hydrogens is 308 g/mol. The van der Waals surface area contributed by atoms with E-state index in [0.29, 0.717) is 6.42 Å². The number of aliphatic hydroxyl groups is 1. The molecule has 0 fully saturated rings. The van der Waals surface area contributed by atoms with Crippen LogP contribution in [0.5, 0.6) is 0 Å². The Hall–Kier alpha value is -1.65. The number of benzene rings is 2. The molecule has 4 heteroatoms. The zero-order chi connectivity index (χ0) is 16.5. The van der Waals surface area contributed by atoms with Crippen LogP contribution in [0.4, 0.5) is 0 Å². The maximum absolute atomic E-state index is 13.3. The molecule has 0 heterocycles. The van der Waals surface area contributed by atoms with E-state index in [2.05, 4.69) is 0 Å². The Morgan fingerprint density at radius 1 is 0.957 bits per heavy atom. The van der Waals surface area contributed by atoms with E-state index in [4.69, 9.17) is 5.11 Å². The van der Waals surface area contributed by atoms with Crippen LogP contribution in [0.15, 0.2) is 48.5 Å². The summed E-state index contributed by atoms with van der Waals surface area (Å²) in [6, 6.07) is 15.6. The van der Waals surface area contributed by atoms with Crippen molar-refractivity contribution in [1.82, 2.24) is 0 Å². The summed E-state index contributed by atoms with van der Waals surface area (Å²) in [5, 5.41) is 9.11. The van der Waals surface area contributed by atoms with Gasteiger partial charge in [-0.3, -0.25) is 0 Å². The summed E-state index contributed by atoms with van der Waals surface area (Å²) in [5.41, 5.74) is 3.82. The Morgan fingerprint density at radius 2 is 1.48 bits per heavy atom. The van der Waals surface area contributed by atoms with Crippen LogP contribution in [-0.2, 0) is 14.6 Å². The lowest BCUT2D eigenvalue weighted by molar-refractivity contribution is 0.295. The van der Waals surface area contributed by atoms with Gasteiger partial charge in [-0.2, -0.15) is 0 Å². The second-order valence-corrected chi connectivity index (χ2v) is 8.40. The van der Waals surface area contributed by atoms with Crippen LogP contribution in [0.2, 0.25) is 0 Å². The lowest BCUT2D eigenvalue weighted by Crippen LogP contribution is -2.37. The van der Waals surface area contributed by atoms with E-state index >= 15 is 0 Å². The first-order chi connectivity index (χ1) is 11.1. The molecule has 2 aromatic rings. The second-order valence-electron chi connectivity index (χ2n) is 6.06. The van der Waals surface area contributed by atoms with Gasteiger partial charge in [-0.1, -0.05) is 61.9 Å². The van der Waals surface area contributed by atoms with Crippen molar-refractivity contribution in [3.63, 3.8) is 0 Å². The summed E-state index contributed by atoms with van der Waals surface area (Å²) in [4.78, 5) is 0. The van der Waals surface area contributed by atoms with Crippen LogP contribution in [0.25, 0.3) is 11.1 Å². The molecule has 2 aromatic carbocycles. The fourth-order valence-electron chi connectivity index (χ4n) is 3.83. The Bertz CT molecular complexity index is 763. The molecule has 3 nitrogen and oxygen atoms in total. The first kappa shape index (κ1) is 16.2. The second kappa shape index (κ2) is 6.10. The van der Waals surface area contributed by atoms with Crippen molar-refractivity contribution in [2.45, 2.75) is 30.9 Å². The van der Waals surface area contributed by atoms with Crippen molar-refractivity contribution in [2.75, 3.05) is 12.4 Å². The third-order valence-electron chi connectivity index (χ3n) is 4.72. The fraction of sp³-hybridized carbons (Fsp3) is 0.368. The summed E-state index contributed by atoms with van der Waals surface area (Å²) in [7, 11) is -3.43. The molecule has 0 saturated heterocycles. The van der Waals surface area contributed by atoms with Gasteiger partial charge in [-0.05, 0) is 35.1 Å². The summed E-state index contributed by atoms with van der Waals surface area (Å²) >= 11 is 0. The van der Waals surface area contributed by atoms with Crippen molar-refractivity contribution >= 4 is 9.84 Å². The predicted molar refractivity (Wildman–Crippen MR) is 93.1 cm³/mol. The van der Waals surface area contributed by atoms with Crippen LogP contribution in [0.1, 0.15) is 37.3 Å². The molecule has 0 aromatic heterocycles. The molecule has 0 spiro atoms. The topological polar surface area (TPSA) is 54.4 Å². The van der Waals surface area contributed by atoms with Crippen molar-refractivity contribution in [1.29, 1.82) is 0 Å². The highest BCUT2D eigenvalue weighted by Gasteiger charge is 2.51. The lowest BCUT2D eigenvalue weighted by atomic mass is 9.91. The highest BCUT2D eigenvalue weighted by molar-refractivity contribution is 7.92. The van der Waals surface area contributed by atoms with Gasteiger partial charge in [-0.15, -0.1) is 0 Å². The monoisotopic (exact) mass is 330 g/mol. The van der Waals surface area contributed by atoms with E-state index in [0.717, 1.165) is 28.7 Å². The third-order valence-corrected chi connectivity index (χ3v) is 7.25. The maximum Gasteiger partial charge on any atom is 0.164 e. The van der Waals surface area contributed by atoms with Crippen molar-refractivity contribution in [2.24, 2.45) is 0 Å². The molecule has 1 aliphatic rings. The molecule has 122 valence electrons. The SMILES string of the molecule is CCCC1(S(=O)(=O)CCCO)c2ccccc2-c2ccccc21. The molecule has 0 atom stereocenters. The molecule has 0 saturated carbocycles. The molecule has 0 radical (unpaired) electrons. The number of aliphatic hydroxyl groups excluding tert-OH is 1. The van der Waals surface area contributed by atoms with E-state index in [1.54, 1.807) is 0 Å². The summed E-state index contributed by atoms with van der Waals surface area (Å²) < 4.78 is 25.7. The number of sulfone groups is 1. The smallest absolute Gasteiger partial charge is 0.164 e. The highest BCUT2D eigenvalue weighted by atomic mass is 32.2. The molecule has 0 aliphatic heterocycles. The van der Waals surface area contributed by atoms with E-state index in [1.165, 1.54) is 0 Å². The largest absolute Gasteiger partial charge is 0.396 e. The lowest BCUT2D eigenvalue weighted by Gasteiger charge is -2.31. The summed E-state index contributed by atoms with van der Waals surface area (Å²) in [5.74, 6) is 0.00612. The Kier molecular flexibility index (Phi) is 4.30. The van der Waals surface area contributed by atoms with Crippen LogP contribution >= 0.6 is 0 Å². The van der Waals surface area contributed by atoms with Gasteiger partial charge in [0.05, 0.1) is 5.75 Å². The first-order valence-corrected chi connectivity index (χ1v) is 9.76. The average Bonchev–Trinajstić information content (AvgIpc) is 2.86. The molecule has 1 N–H and O–H groups in total.